The second-order valence-corrected chi connectivity index (χ2v) is 9.25. The lowest BCUT2D eigenvalue weighted by Crippen LogP contribution is -2.40. The molecule has 8 heteroatoms. The molecule has 4 aromatic rings. The van der Waals surface area contributed by atoms with Crippen LogP contribution in [-0.4, -0.2) is 38.7 Å². The molecule has 2 N–H and O–H groups in total. The van der Waals surface area contributed by atoms with Crippen LogP contribution in [0.1, 0.15) is 45.2 Å². The number of ether oxygens (including phenoxy) is 2. The fourth-order valence-corrected chi connectivity index (χ4v) is 3.90. The lowest BCUT2D eigenvalue weighted by Gasteiger charge is -2.23. The minimum absolute atomic E-state index is 0.139. The van der Waals surface area contributed by atoms with Crippen molar-refractivity contribution in [3.63, 3.8) is 0 Å². The van der Waals surface area contributed by atoms with E-state index in [0.717, 1.165) is 35.5 Å². The SMILES string of the molecule is CCCNC(=O)N(Cc1ccc(C(=O)OC)cc1)c1ccccc1.COC(=O)c1ccc(CNc2ccccc2)cc1. The van der Waals surface area contributed by atoms with Crippen LogP contribution in [0.4, 0.5) is 16.2 Å². The standard InChI is InChI=1S/C19H22N2O3.C15H15NO2/c1-3-13-20-19(23)21(17-7-5-4-6-8-17)14-15-9-11-16(12-10-15)18(22)24-2;1-18-15(17)13-9-7-12(8-10-13)11-16-14-5-3-2-4-6-14/h4-12H,3,13-14H2,1-2H3,(H,20,23);2-10,16H,11H2,1H3. The van der Waals surface area contributed by atoms with Crippen LogP contribution in [0.3, 0.4) is 0 Å². The van der Waals surface area contributed by atoms with E-state index in [1.807, 2.05) is 91.9 Å². The van der Waals surface area contributed by atoms with Crippen molar-refractivity contribution in [1.29, 1.82) is 0 Å². The highest BCUT2D eigenvalue weighted by atomic mass is 16.5. The Bertz CT molecular complexity index is 1390. The second kappa shape index (κ2) is 16.9. The van der Waals surface area contributed by atoms with Gasteiger partial charge < -0.3 is 20.1 Å². The zero-order valence-corrected chi connectivity index (χ0v) is 24.2. The van der Waals surface area contributed by atoms with Crippen molar-refractivity contribution in [2.24, 2.45) is 0 Å². The highest BCUT2D eigenvalue weighted by Crippen LogP contribution is 2.18. The molecule has 218 valence electrons. The highest BCUT2D eigenvalue weighted by Gasteiger charge is 2.16. The predicted octanol–water partition coefficient (Wildman–Crippen LogP) is 6.68. The van der Waals surface area contributed by atoms with Crippen LogP contribution in [0.25, 0.3) is 0 Å². The third kappa shape index (κ3) is 9.82. The van der Waals surface area contributed by atoms with Gasteiger partial charge in [0.15, 0.2) is 0 Å². The first-order chi connectivity index (χ1) is 20.4. The first-order valence-corrected chi connectivity index (χ1v) is 13.7. The van der Waals surface area contributed by atoms with Crippen LogP contribution in [0.2, 0.25) is 0 Å². The number of nitrogens with one attached hydrogen (secondary N) is 2. The lowest BCUT2D eigenvalue weighted by atomic mass is 10.1. The minimum Gasteiger partial charge on any atom is -0.465 e. The van der Waals surface area contributed by atoms with Gasteiger partial charge in [-0.25, -0.2) is 14.4 Å². The van der Waals surface area contributed by atoms with E-state index >= 15 is 0 Å². The summed E-state index contributed by atoms with van der Waals surface area (Å²) in [5.74, 6) is -0.681. The molecule has 0 aromatic heterocycles. The number of benzene rings is 4. The van der Waals surface area contributed by atoms with Crippen LogP contribution < -0.4 is 15.5 Å². The fraction of sp³-hybridized carbons (Fsp3) is 0.206. The smallest absolute Gasteiger partial charge is 0.337 e. The molecule has 0 aliphatic carbocycles. The van der Waals surface area contributed by atoms with Gasteiger partial charge in [-0.05, 0) is 66.1 Å². The Morgan fingerprint density at radius 1 is 0.667 bits per heavy atom. The number of carbonyl (C=O) groups excluding carboxylic acids is 3. The van der Waals surface area contributed by atoms with E-state index in [4.69, 9.17) is 4.74 Å². The molecular formula is C34H37N3O5. The summed E-state index contributed by atoms with van der Waals surface area (Å²) >= 11 is 0. The second-order valence-electron chi connectivity index (χ2n) is 9.25. The molecule has 2 amide bonds. The summed E-state index contributed by atoms with van der Waals surface area (Å²) in [7, 11) is 2.73. The Hall–Kier alpha value is -5.11. The summed E-state index contributed by atoms with van der Waals surface area (Å²) < 4.78 is 9.35. The van der Waals surface area contributed by atoms with Gasteiger partial charge >= 0.3 is 18.0 Å². The number of amides is 2. The lowest BCUT2D eigenvalue weighted by molar-refractivity contribution is 0.0592. The van der Waals surface area contributed by atoms with Crippen molar-refractivity contribution in [2.45, 2.75) is 26.4 Å². The van der Waals surface area contributed by atoms with Crippen molar-refractivity contribution >= 4 is 29.3 Å². The van der Waals surface area contributed by atoms with Crippen LogP contribution >= 0.6 is 0 Å². The summed E-state index contributed by atoms with van der Waals surface area (Å²) in [6.07, 6.45) is 0.877. The molecule has 0 radical (unpaired) electrons. The Morgan fingerprint density at radius 3 is 1.67 bits per heavy atom. The van der Waals surface area contributed by atoms with E-state index in [1.54, 1.807) is 29.2 Å². The maximum absolute atomic E-state index is 12.5. The van der Waals surface area contributed by atoms with Gasteiger partial charge in [0.1, 0.15) is 0 Å². The van der Waals surface area contributed by atoms with E-state index in [1.165, 1.54) is 14.2 Å². The summed E-state index contributed by atoms with van der Waals surface area (Å²) in [5, 5.41) is 6.21. The van der Waals surface area contributed by atoms with Crippen molar-refractivity contribution in [2.75, 3.05) is 31.0 Å². The molecule has 0 saturated heterocycles. The van der Waals surface area contributed by atoms with Crippen molar-refractivity contribution in [1.82, 2.24) is 5.32 Å². The van der Waals surface area contributed by atoms with E-state index in [-0.39, 0.29) is 18.0 Å². The monoisotopic (exact) mass is 567 g/mol. The molecule has 0 bridgehead atoms. The number of para-hydroxylation sites is 2. The zero-order chi connectivity index (χ0) is 30.2. The Kier molecular flexibility index (Phi) is 12.6. The molecule has 0 aliphatic heterocycles. The first-order valence-electron chi connectivity index (χ1n) is 13.7. The van der Waals surface area contributed by atoms with Gasteiger partial charge in [0, 0.05) is 24.5 Å². The number of carbonyl (C=O) groups is 3. The molecule has 4 aromatic carbocycles. The largest absolute Gasteiger partial charge is 0.465 e. The molecule has 0 saturated carbocycles. The first kappa shape index (κ1) is 31.4. The van der Waals surface area contributed by atoms with E-state index in [2.05, 4.69) is 15.4 Å². The predicted molar refractivity (Wildman–Crippen MR) is 166 cm³/mol. The summed E-state index contributed by atoms with van der Waals surface area (Å²) in [6.45, 7) is 3.79. The average molecular weight is 568 g/mol. The molecule has 0 aliphatic rings. The maximum atomic E-state index is 12.5. The van der Waals surface area contributed by atoms with Crippen LogP contribution in [0.15, 0.2) is 109 Å². The number of esters is 2. The Labute approximate surface area is 247 Å². The van der Waals surface area contributed by atoms with Crippen molar-refractivity contribution in [3.8, 4) is 0 Å². The molecule has 8 nitrogen and oxygen atoms in total. The van der Waals surface area contributed by atoms with E-state index in [0.29, 0.717) is 24.2 Å². The molecule has 0 spiro atoms. The van der Waals surface area contributed by atoms with Gasteiger partial charge in [-0.15, -0.1) is 0 Å². The summed E-state index contributed by atoms with van der Waals surface area (Å²) in [4.78, 5) is 36.9. The van der Waals surface area contributed by atoms with Gasteiger partial charge in [0.2, 0.25) is 0 Å². The van der Waals surface area contributed by atoms with Crippen LogP contribution in [0.5, 0.6) is 0 Å². The molecular weight excluding hydrogens is 530 g/mol. The number of methoxy groups -OCH3 is 2. The third-order valence-electron chi connectivity index (χ3n) is 6.20. The highest BCUT2D eigenvalue weighted by molar-refractivity contribution is 5.92. The zero-order valence-electron chi connectivity index (χ0n) is 24.2. The number of hydrogen-bond donors (Lipinski definition) is 2. The topological polar surface area (TPSA) is 97.0 Å². The molecule has 0 heterocycles. The molecule has 4 rings (SSSR count). The quantitative estimate of drug-likeness (QED) is 0.207. The molecule has 42 heavy (non-hydrogen) atoms. The average Bonchev–Trinajstić information content (AvgIpc) is 3.06. The van der Waals surface area contributed by atoms with Gasteiger partial charge in [0.25, 0.3) is 0 Å². The summed E-state index contributed by atoms with van der Waals surface area (Å²) in [5.41, 5.74) is 5.01. The van der Waals surface area contributed by atoms with Crippen molar-refractivity contribution < 1.29 is 23.9 Å². The minimum atomic E-state index is -0.373. The van der Waals surface area contributed by atoms with Crippen LogP contribution in [0, 0.1) is 0 Å². The van der Waals surface area contributed by atoms with Crippen molar-refractivity contribution in [3.05, 3.63) is 131 Å². The fourth-order valence-electron chi connectivity index (χ4n) is 3.90. The Morgan fingerprint density at radius 2 is 1.17 bits per heavy atom. The summed E-state index contributed by atoms with van der Waals surface area (Å²) in [6, 6.07) is 33.8. The number of hydrogen-bond acceptors (Lipinski definition) is 6. The number of nitrogens with zero attached hydrogens (tertiary/aromatic N) is 1. The molecule has 0 unspecified atom stereocenters. The van der Waals surface area contributed by atoms with Gasteiger partial charge in [-0.1, -0.05) is 67.6 Å². The molecule has 0 fully saturated rings. The normalized spacial score (nSPS) is 9.98. The number of rotatable bonds is 10. The third-order valence-corrected chi connectivity index (χ3v) is 6.20. The van der Waals surface area contributed by atoms with Gasteiger partial charge in [0.05, 0.1) is 31.9 Å². The van der Waals surface area contributed by atoms with Crippen LogP contribution in [-0.2, 0) is 22.6 Å². The number of urea groups is 1. The Balaban J connectivity index is 0.000000240. The van der Waals surface area contributed by atoms with E-state index < -0.39 is 0 Å². The number of anilines is 2. The van der Waals surface area contributed by atoms with E-state index in [9.17, 15) is 14.4 Å². The molecule has 0 atom stereocenters. The van der Waals surface area contributed by atoms with Gasteiger partial charge in [-0.3, -0.25) is 4.90 Å². The van der Waals surface area contributed by atoms with Gasteiger partial charge in [-0.2, -0.15) is 0 Å². The maximum Gasteiger partial charge on any atom is 0.337 e.